The topological polar surface area (TPSA) is 37.9 Å². The summed E-state index contributed by atoms with van der Waals surface area (Å²) in [6.07, 6.45) is 3.93. The molecule has 0 atom stereocenters. The molecule has 1 aromatic carbocycles. The van der Waals surface area contributed by atoms with Crippen LogP contribution in [-0.2, 0) is 0 Å². The number of imidazole rings is 1. The lowest BCUT2D eigenvalue weighted by Gasteiger charge is -2.08. The number of rotatable bonds is 4. The summed E-state index contributed by atoms with van der Waals surface area (Å²) in [6.45, 7) is 0.519. The molecule has 0 saturated heterocycles. The number of benzene rings is 1. The van der Waals surface area contributed by atoms with Gasteiger partial charge in [-0.2, -0.15) is 0 Å². The largest absolute Gasteiger partial charge is 0.494 e. The molecule has 0 spiro atoms. The van der Waals surface area contributed by atoms with Gasteiger partial charge in [-0.05, 0) is 12.1 Å². The summed E-state index contributed by atoms with van der Waals surface area (Å²) >= 11 is 0. The van der Waals surface area contributed by atoms with Crippen LogP contribution in [0, 0.1) is 0 Å². The fourth-order valence-electron chi connectivity index (χ4n) is 1.39. The van der Waals surface area contributed by atoms with Crippen LogP contribution in [0.2, 0.25) is 6.32 Å². The third kappa shape index (κ3) is 2.21. The molecule has 74 valence electrons. The van der Waals surface area contributed by atoms with E-state index in [9.17, 15) is 0 Å². The molecule has 2 radical (unpaired) electrons. The molecule has 0 amide bonds. The zero-order chi connectivity index (χ0) is 10.5. The van der Waals surface area contributed by atoms with Crippen molar-refractivity contribution in [2.75, 3.05) is 6.61 Å². The predicted molar refractivity (Wildman–Crippen MR) is 60.1 cm³/mol. The smallest absolute Gasteiger partial charge is 0.128 e. The third-order valence-electron chi connectivity index (χ3n) is 2.05. The first-order valence-electron chi connectivity index (χ1n) is 4.82. The Morgan fingerprint density at radius 2 is 2.20 bits per heavy atom. The van der Waals surface area contributed by atoms with E-state index < -0.39 is 0 Å². The lowest BCUT2D eigenvalue weighted by atomic mass is 10.1. The van der Waals surface area contributed by atoms with Gasteiger partial charge in [0.2, 0.25) is 0 Å². The zero-order valence-electron chi connectivity index (χ0n) is 8.31. The highest BCUT2D eigenvalue weighted by atomic mass is 16.5. The Morgan fingerprint density at radius 1 is 1.33 bits per heavy atom. The van der Waals surface area contributed by atoms with E-state index in [0.717, 1.165) is 17.0 Å². The Bertz CT molecular complexity index is 414. The van der Waals surface area contributed by atoms with Crippen LogP contribution < -0.4 is 4.74 Å². The first kappa shape index (κ1) is 9.83. The average molecular weight is 198 g/mol. The highest BCUT2D eigenvalue weighted by molar-refractivity contribution is 6.08. The molecule has 1 N–H and O–H groups in total. The number of nitrogens with one attached hydrogen (secondary N) is 1. The van der Waals surface area contributed by atoms with E-state index in [4.69, 9.17) is 12.6 Å². The van der Waals surface area contributed by atoms with Crippen LogP contribution in [-0.4, -0.2) is 24.4 Å². The van der Waals surface area contributed by atoms with Crippen molar-refractivity contribution in [2.45, 2.75) is 6.32 Å². The molecule has 0 aliphatic rings. The van der Waals surface area contributed by atoms with E-state index in [1.807, 2.05) is 24.3 Å². The molecular weight excluding hydrogens is 187 g/mol. The Balaban J connectivity index is 2.30. The minimum absolute atomic E-state index is 0.511. The van der Waals surface area contributed by atoms with E-state index >= 15 is 0 Å². The summed E-state index contributed by atoms with van der Waals surface area (Å²) in [7, 11) is 5.40. The van der Waals surface area contributed by atoms with Crippen LogP contribution >= 0.6 is 0 Å². The molecule has 0 unspecified atom stereocenters. The van der Waals surface area contributed by atoms with Crippen molar-refractivity contribution in [2.24, 2.45) is 0 Å². The maximum atomic E-state index is 5.54. The van der Waals surface area contributed by atoms with Crippen molar-refractivity contribution < 1.29 is 4.74 Å². The van der Waals surface area contributed by atoms with Gasteiger partial charge in [-0.1, -0.05) is 18.5 Å². The van der Waals surface area contributed by atoms with Gasteiger partial charge in [-0.25, -0.2) is 4.98 Å². The van der Waals surface area contributed by atoms with Crippen LogP contribution in [0.4, 0.5) is 0 Å². The standard InChI is InChI=1S/C11H11BN2O/c12-5-6-15-11-4-2-1-3-9(11)10-7-13-8-14-10/h1-4,7-8H,5-6H2,(H,13,14). The zero-order valence-corrected chi connectivity index (χ0v) is 8.31. The minimum Gasteiger partial charge on any atom is -0.494 e. The van der Waals surface area contributed by atoms with Gasteiger partial charge < -0.3 is 9.72 Å². The van der Waals surface area contributed by atoms with Gasteiger partial charge in [0.05, 0.1) is 32.7 Å². The van der Waals surface area contributed by atoms with Crippen molar-refractivity contribution in [3.63, 3.8) is 0 Å². The first-order chi connectivity index (χ1) is 7.42. The first-order valence-corrected chi connectivity index (χ1v) is 4.82. The molecule has 15 heavy (non-hydrogen) atoms. The number of aromatic amines is 1. The molecule has 0 aliphatic heterocycles. The predicted octanol–water partition coefficient (Wildman–Crippen LogP) is 2.04. The summed E-state index contributed by atoms with van der Waals surface area (Å²) < 4.78 is 5.54. The van der Waals surface area contributed by atoms with E-state index in [1.165, 1.54) is 0 Å². The van der Waals surface area contributed by atoms with Gasteiger partial charge in [0.25, 0.3) is 0 Å². The third-order valence-corrected chi connectivity index (χ3v) is 2.05. The van der Waals surface area contributed by atoms with Gasteiger partial charge in [0.15, 0.2) is 0 Å². The number of para-hydroxylation sites is 1. The molecule has 2 aromatic rings. The van der Waals surface area contributed by atoms with Crippen molar-refractivity contribution in [1.82, 2.24) is 9.97 Å². The molecule has 0 fully saturated rings. The van der Waals surface area contributed by atoms with Crippen molar-refractivity contribution in [3.8, 4) is 17.0 Å². The molecule has 0 saturated carbocycles. The van der Waals surface area contributed by atoms with Gasteiger partial charge in [0.1, 0.15) is 5.75 Å². The van der Waals surface area contributed by atoms with Crippen molar-refractivity contribution in [1.29, 1.82) is 0 Å². The fourth-order valence-corrected chi connectivity index (χ4v) is 1.39. The number of H-pyrrole nitrogens is 1. The van der Waals surface area contributed by atoms with E-state index in [2.05, 4.69) is 9.97 Å². The number of ether oxygens (including phenoxy) is 1. The normalized spacial score (nSPS) is 10.1. The second-order valence-electron chi connectivity index (χ2n) is 3.10. The summed E-state index contributed by atoms with van der Waals surface area (Å²) in [5.74, 6) is 0.826. The van der Waals surface area contributed by atoms with Gasteiger partial charge >= 0.3 is 0 Å². The van der Waals surface area contributed by atoms with Crippen LogP contribution in [0.5, 0.6) is 5.75 Å². The summed E-state index contributed by atoms with van der Waals surface area (Å²) in [4.78, 5) is 7.03. The highest BCUT2D eigenvalue weighted by Gasteiger charge is 2.05. The SMILES string of the molecule is [B]CCOc1ccccc1-c1cnc[nH]1. The Labute approximate surface area is 89.9 Å². The number of aromatic nitrogens is 2. The lowest BCUT2D eigenvalue weighted by molar-refractivity contribution is 0.342. The molecular formula is C11H11BN2O. The summed E-state index contributed by atoms with van der Waals surface area (Å²) in [5.41, 5.74) is 1.95. The Morgan fingerprint density at radius 3 is 2.93 bits per heavy atom. The van der Waals surface area contributed by atoms with E-state index in [1.54, 1.807) is 12.5 Å². The maximum absolute atomic E-state index is 5.54. The molecule has 2 rings (SSSR count). The minimum atomic E-state index is 0.511. The van der Waals surface area contributed by atoms with E-state index in [-0.39, 0.29) is 0 Å². The van der Waals surface area contributed by atoms with Gasteiger partial charge in [-0.3, -0.25) is 0 Å². The second kappa shape index (κ2) is 4.69. The quantitative estimate of drug-likeness (QED) is 0.763. The monoisotopic (exact) mass is 198 g/mol. The van der Waals surface area contributed by atoms with Crippen LogP contribution in [0.3, 0.4) is 0 Å². The molecule has 1 aromatic heterocycles. The molecule has 4 heteroatoms. The molecule has 3 nitrogen and oxygen atoms in total. The number of hydrogen-bond donors (Lipinski definition) is 1. The number of nitrogens with zero attached hydrogens (tertiary/aromatic N) is 1. The van der Waals surface area contributed by atoms with Crippen molar-refractivity contribution >= 4 is 7.85 Å². The van der Waals surface area contributed by atoms with Crippen LogP contribution in [0.25, 0.3) is 11.3 Å². The molecule has 0 aliphatic carbocycles. The summed E-state index contributed by atoms with van der Waals surface area (Å²) in [5, 5.41) is 0. The summed E-state index contributed by atoms with van der Waals surface area (Å²) in [6, 6.07) is 7.81. The second-order valence-corrected chi connectivity index (χ2v) is 3.10. The molecule has 1 heterocycles. The lowest BCUT2D eigenvalue weighted by Crippen LogP contribution is -1.97. The van der Waals surface area contributed by atoms with E-state index in [0.29, 0.717) is 12.9 Å². The fraction of sp³-hybridized carbons (Fsp3) is 0.182. The highest BCUT2D eigenvalue weighted by Crippen LogP contribution is 2.27. The van der Waals surface area contributed by atoms with Gasteiger partial charge in [0, 0.05) is 5.56 Å². The maximum Gasteiger partial charge on any atom is 0.128 e. The van der Waals surface area contributed by atoms with Crippen molar-refractivity contribution in [3.05, 3.63) is 36.8 Å². The van der Waals surface area contributed by atoms with Crippen LogP contribution in [0.15, 0.2) is 36.8 Å². The Kier molecular flexibility index (Phi) is 3.07. The number of hydrogen-bond acceptors (Lipinski definition) is 2. The average Bonchev–Trinajstić information content (AvgIpc) is 2.80. The molecule has 0 bridgehead atoms. The van der Waals surface area contributed by atoms with Gasteiger partial charge in [-0.15, -0.1) is 0 Å². The Hall–Kier alpha value is -1.71. The van der Waals surface area contributed by atoms with Crippen LogP contribution in [0.1, 0.15) is 0 Å².